The number of nitrogens with one attached hydrogen (secondary N) is 1. The minimum absolute atomic E-state index is 0.202. The molecule has 1 N–H and O–H groups in total. The summed E-state index contributed by atoms with van der Waals surface area (Å²) in [4.78, 5) is 29.1. The molecule has 1 heterocycles. The van der Waals surface area contributed by atoms with Crippen LogP contribution in [0.5, 0.6) is 0 Å². The topological polar surface area (TPSA) is 68.3 Å². The number of hydrogen-bond donors (Lipinski definition) is 1. The summed E-state index contributed by atoms with van der Waals surface area (Å²) in [6.07, 6.45) is 0. The first kappa shape index (κ1) is 19.7. The Morgan fingerprint density at radius 3 is 2.57 bits per heavy atom. The lowest BCUT2D eigenvalue weighted by molar-refractivity contribution is -0.119. The van der Waals surface area contributed by atoms with Crippen LogP contribution >= 0.6 is 11.3 Å². The van der Waals surface area contributed by atoms with E-state index in [1.54, 1.807) is 24.3 Å². The normalized spacial score (nSPS) is 10.7. The highest BCUT2D eigenvalue weighted by Crippen LogP contribution is 2.32. The Balaban J connectivity index is 1.48. The fourth-order valence-electron chi connectivity index (χ4n) is 2.82. The van der Waals surface area contributed by atoms with Crippen LogP contribution in [0.15, 0.2) is 66.7 Å². The Morgan fingerprint density at radius 1 is 1.00 bits per heavy atom. The van der Waals surface area contributed by atoms with Gasteiger partial charge in [0.1, 0.15) is 16.6 Å². The van der Waals surface area contributed by atoms with Crippen molar-refractivity contribution in [3.05, 3.63) is 83.9 Å². The summed E-state index contributed by atoms with van der Waals surface area (Å²) in [5.41, 5.74) is 1.47. The lowest BCUT2D eigenvalue weighted by Gasteiger charge is -2.09. The zero-order valence-electron chi connectivity index (χ0n) is 15.4. The average Bonchev–Trinajstić information content (AvgIpc) is 3.18. The zero-order valence-corrected chi connectivity index (χ0v) is 16.2. The van der Waals surface area contributed by atoms with E-state index < -0.39 is 30.1 Å². The molecule has 0 unspecified atom stereocenters. The van der Waals surface area contributed by atoms with Gasteiger partial charge in [-0.3, -0.25) is 4.79 Å². The van der Waals surface area contributed by atoms with Gasteiger partial charge >= 0.3 is 5.97 Å². The Kier molecular flexibility index (Phi) is 5.49. The summed E-state index contributed by atoms with van der Waals surface area (Å²) in [7, 11) is 0. The van der Waals surface area contributed by atoms with E-state index in [4.69, 9.17) is 4.74 Å². The van der Waals surface area contributed by atoms with Crippen LogP contribution in [0, 0.1) is 11.6 Å². The van der Waals surface area contributed by atoms with Crippen molar-refractivity contribution in [1.29, 1.82) is 0 Å². The molecule has 0 saturated heterocycles. The molecule has 0 atom stereocenters. The molecule has 0 aliphatic heterocycles. The van der Waals surface area contributed by atoms with Crippen molar-refractivity contribution in [1.82, 2.24) is 4.98 Å². The average molecular weight is 424 g/mol. The van der Waals surface area contributed by atoms with Crippen LogP contribution in [-0.2, 0) is 9.53 Å². The van der Waals surface area contributed by atoms with Crippen molar-refractivity contribution >= 4 is 39.1 Å². The number of rotatable bonds is 5. The van der Waals surface area contributed by atoms with Crippen LogP contribution in [0.4, 0.5) is 14.5 Å². The van der Waals surface area contributed by atoms with Gasteiger partial charge in [-0.05, 0) is 30.3 Å². The molecule has 3 aromatic carbocycles. The first-order chi connectivity index (χ1) is 14.5. The van der Waals surface area contributed by atoms with Crippen molar-refractivity contribution in [2.75, 3.05) is 11.9 Å². The van der Waals surface area contributed by atoms with Crippen LogP contribution in [0.25, 0.3) is 20.8 Å². The number of anilines is 1. The molecule has 0 aliphatic carbocycles. The van der Waals surface area contributed by atoms with Crippen molar-refractivity contribution in [2.24, 2.45) is 0 Å². The van der Waals surface area contributed by atoms with Crippen molar-refractivity contribution in [3.8, 4) is 10.6 Å². The van der Waals surface area contributed by atoms with E-state index in [1.807, 2.05) is 24.3 Å². The Bertz CT molecular complexity index is 1220. The minimum Gasteiger partial charge on any atom is -0.452 e. The van der Waals surface area contributed by atoms with Gasteiger partial charge in [0.2, 0.25) is 0 Å². The third kappa shape index (κ3) is 4.18. The largest absolute Gasteiger partial charge is 0.452 e. The number of amides is 1. The van der Waals surface area contributed by atoms with Gasteiger partial charge in [-0.1, -0.05) is 30.3 Å². The molecule has 4 aromatic rings. The van der Waals surface area contributed by atoms with E-state index >= 15 is 0 Å². The summed E-state index contributed by atoms with van der Waals surface area (Å²) in [5, 5.41) is 2.89. The lowest BCUT2D eigenvalue weighted by Crippen LogP contribution is -2.21. The Morgan fingerprint density at radius 2 is 1.77 bits per heavy atom. The first-order valence-corrected chi connectivity index (χ1v) is 9.70. The smallest absolute Gasteiger partial charge is 0.339 e. The third-order valence-electron chi connectivity index (χ3n) is 4.21. The molecule has 5 nitrogen and oxygen atoms in total. The maximum Gasteiger partial charge on any atom is 0.339 e. The highest BCUT2D eigenvalue weighted by Gasteiger charge is 2.18. The maximum atomic E-state index is 13.6. The fourth-order valence-corrected chi connectivity index (χ4v) is 3.83. The number of hydrogen-bond acceptors (Lipinski definition) is 5. The second-order valence-electron chi connectivity index (χ2n) is 6.28. The van der Waals surface area contributed by atoms with Gasteiger partial charge < -0.3 is 10.1 Å². The summed E-state index contributed by atoms with van der Waals surface area (Å²) in [5.74, 6) is -3.13. The predicted octanol–water partition coefficient (Wildman–Crippen LogP) is 5.04. The molecule has 8 heteroatoms. The highest BCUT2D eigenvalue weighted by molar-refractivity contribution is 7.21. The summed E-state index contributed by atoms with van der Waals surface area (Å²) in [6, 6.07) is 17.2. The number of nitrogens with zero attached hydrogens (tertiary/aromatic N) is 1. The van der Waals surface area contributed by atoms with Gasteiger partial charge in [-0.15, -0.1) is 11.3 Å². The van der Waals surface area contributed by atoms with E-state index in [9.17, 15) is 18.4 Å². The van der Waals surface area contributed by atoms with E-state index in [2.05, 4.69) is 10.3 Å². The number of benzene rings is 3. The molecule has 1 aromatic heterocycles. The van der Waals surface area contributed by atoms with Crippen LogP contribution in [-0.4, -0.2) is 23.5 Å². The van der Waals surface area contributed by atoms with E-state index in [0.717, 1.165) is 22.3 Å². The number of thiazole rings is 1. The number of ether oxygens (including phenoxy) is 1. The van der Waals surface area contributed by atoms with Gasteiger partial charge in [0.25, 0.3) is 5.91 Å². The monoisotopic (exact) mass is 424 g/mol. The second-order valence-corrected chi connectivity index (χ2v) is 7.31. The van der Waals surface area contributed by atoms with Crippen LogP contribution in [0.3, 0.4) is 0 Å². The molecular formula is C22H14F2N2O3S. The number of halogens is 2. The quantitative estimate of drug-likeness (QED) is 0.456. The predicted molar refractivity (Wildman–Crippen MR) is 110 cm³/mol. The molecule has 0 aliphatic rings. The SMILES string of the molecule is O=C(COC(=O)c1ccccc1-c1nc2ccccc2s1)Nc1ccc(F)cc1F. The molecule has 0 radical (unpaired) electrons. The minimum atomic E-state index is -0.921. The number of carbonyl (C=O) groups excluding carboxylic acids is 2. The standard InChI is InChI=1S/C22H14F2N2O3S/c23-13-9-10-17(16(24)11-13)25-20(27)12-29-22(28)15-6-2-1-5-14(15)21-26-18-7-3-4-8-19(18)30-21/h1-11H,12H2,(H,25,27). The number of esters is 1. The third-order valence-corrected chi connectivity index (χ3v) is 5.28. The molecule has 4 rings (SSSR count). The van der Waals surface area contributed by atoms with Gasteiger partial charge in [0.05, 0.1) is 21.5 Å². The molecular weight excluding hydrogens is 410 g/mol. The fraction of sp³-hybridized carbons (Fsp3) is 0.0455. The molecule has 0 saturated carbocycles. The van der Waals surface area contributed by atoms with E-state index in [-0.39, 0.29) is 11.3 Å². The van der Waals surface area contributed by atoms with Gasteiger partial charge in [-0.2, -0.15) is 0 Å². The molecule has 0 fully saturated rings. The first-order valence-electron chi connectivity index (χ1n) is 8.88. The molecule has 150 valence electrons. The van der Waals surface area contributed by atoms with Gasteiger partial charge in [-0.25, -0.2) is 18.6 Å². The lowest BCUT2D eigenvalue weighted by atomic mass is 10.1. The zero-order chi connectivity index (χ0) is 21.1. The van der Waals surface area contributed by atoms with Crippen LogP contribution < -0.4 is 5.32 Å². The molecule has 30 heavy (non-hydrogen) atoms. The van der Waals surface area contributed by atoms with Gasteiger partial charge in [0, 0.05) is 11.6 Å². The number of fused-ring (bicyclic) bond motifs is 1. The van der Waals surface area contributed by atoms with Crippen molar-refractivity contribution in [3.63, 3.8) is 0 Å². The van der Waals surface area contributed by atoms with Gasteiger partial charge in [0.15, 0.2) is 6.61 Å². The van der Waals surface area contributed by atoms with Crippen LogP contribution in [0.2, 0.25) is 0 Å². The number of para-hydroxylation sites is 1. The highest BCUT2D eigenvalue weighted by atomic mass is 32.1. The summed E-state index contributed by atoms with van der Waals surface area (Å²) in [6.45, 7) is -0.621. The van der Waals surface area contributed by atoms with Crippen molar-refractivity contribution < 1.29 is 23.1 Å². The number of carbonyl (C=O) groups is 2. The molecule has 1 amide bonds. The van der Waals surface area contributed by atoms with Crippen molar-refractivity contribution in [2.45, 2.75) is 0 Å². The van der Waals surface area contributed by atoms with E-state index in [0.29, 0.717) is 16.6 Å². The van der Waals surface area contributed by atoms with Crippen LogP contribution in [0.1, 0.15) is 10.4 Å². The molecule has 0 spiro atoms. The van der Waals surface area contributed by atoms with E-state index in [1.165, 1.54) is 11.3 Å². The Hall–Kier alpha value is -3.65. The number of aromatic nitrogens is 1. The summed E-state index contributed by atoms with van der Waals surface area (Å²) >= 11 is 1.44. The summed E-state index contributed by atoms with van der Waals surface area (Å²) < 4.78 is 32.7. The Labute approximate surface area is 173 Å². The second kappa shape index (κ2) is 8.38. The maximum absolute atomic E-state index is 13.6. The molecule has 0 bridgehead atoms.